The second-order valence-electron chi connectivity index (χ2n) is 11.6. The summed E-state index contributed by atoms with van der Waals surface area (Å²) in [6.07, 6.45) is 3.01. The maximum atomic E-state index is 14.2. The standard InChI is InChI=1S/C32H34FN3O4S/c1-20-5-4-6-28(21(20)2)34-31(38)24-9-14-29-27(19-24)32(15-17-35(18-16-32)22(3)37)30(23-7-8-23)36(29)41(39,40)26-12-10-25(33)11-13-26/h4-6,9-14,19,23,30H,7-8,15-18H2,1-3H3,(H,34,38). The summed E-state index contributed by atoms with van der Waals surface area (Å²) in [5.41, 5.74) is 4.08. The molecule has 1 unspecified atom stereocenters. The number of aryl methyl sites for hydroxylation is 1. The van der Waals surface area contributed by atoms with Crippen molar-refractivity contribution in [1.82, 2.24) is 4.90 Å². The Balaban J connectivity index is 1.46. The van der Waals surface area contributed by atoms with E-state index in [2.05, 4.69) is 5.32 Å². The van der Waals surface area contributed by atoms with Crippen molar-refractivity contribution < 1.29 is 22.4 Å². The number of carbonyl (C=O) groups excluding carboxylic acids is 2. The molecule has 214 valence electrons. The number of fused-ring (bicyclic) bond motifs is 2. The van der Waals surface area contributed by atoms with Crippen LogP contribution in [0.4, 0.5) is 15.8 Å². The first kappa shape index (κ1) is 27.4. The van der Waals surface area contributed by atoms with Crippen molar-refractivity contribution in [3.05, 3.63) is 88.7 Å². The molecule has 6 rings (SSSR count). The fourth-order valence-corrected chi connectivity index (χ4v) is 8.52. The molecule has 7 nitrogen and oxygen atoms in total. The molecule has 1 spiro atoms. The van der Waals surface area contributed by atoms with Gasteiger partial charge in [0.1, 0.15) is 5.82 Å². The van der Waals surface area contributed by atoms with Crippen LogP contribution in [0.3, 0.4) is 0 Å². The lowest BCUT2D eigenvalue weighted by molar-refractivity contribution is -0.130. The van der Waals surface area contributed by atoms with Crippen LogP contribution in [0.25, 0.3) is 0 Å². The molecule has 1 N–H and O–H groups in total. The third-order valence-corrected chi connectivity index (χ3v) is 11.1. The van der Waals surface area contributed by atoms with Crippen LogP contribution in [0.15, 0.2) is 65.6 Å². The smallest absolute Gasteiger partial charge is 0.264 e. The van der Waals surface area contributed by atoms with E-state index in [9.17, 15) is 22.4 Å². The molecular formula is C32H34FN3O4S. The summed E-state index contributed by atoms with van der Waals surface area (Å²) in [6, 6.07) is 15.6. The second kappa shape index (κ2) is 9.98. The van der Waals surface area contributed by atoms with Crippen LogP contribution in [0.2, 0.25) is 0 Å². The molecule has 2 amide bonds. The molecule has 2 heterocycles. The van der Waals surface area contributed by atoms with Crippen LogP contribution in [-0.4, -0.2) is 44.3 Å². The van der Waals surface area contributed by atoms with Gasteiger partial charge in [-0.2, -0.15) is 0 Å². The molecule has 0 aromatic heterocycles. The van der Waals surface area contributed by atoms with E-state index in [1.54, 1.807) is 23.4 Å². The van der Waals surface area contributed by atoms with E-state index in [1.807, 2.05) is 43.0 Å². The van der Waals surface area contributed by atoms with Gasteiger partial charge in [-0.1, -0.05) is 12.1 Å². The lowest BCUT2D eigenvalue weighted by Crippen LogP contribution is -2.54. The van der Waals surface area contributed by atoms with Crippen molar-refractivity contribution in [2.24, 2.45) is 5.92 Å². The number of halogens is 1. The van der Waals surface area contributed by atoms with E-state index in [4.69, 9.17) is 0 Å². The Bertz CT molecular complexity index is 1640. The van der Waals surface area contributed by atoms with Gasteiger partial charge >= 0.3 is 0 Å². The number of piperidine rings is 1. The van der Waals surface area contributed by atoms with E-state index >= 15 is 0 Å². The Morgan fingerprint density at radius 2 is 1.66 bits per heavy atom. The maximum absolute atomic E-state index is 14.2. The second-order valence-corrected chi connectivity index (χ2v) is 13.4. The van der Waals surface area contributed by atoms with Crippen LogP contribution in [-0.2, 0) is 20.2 Å². The van der Waals surface area contributed by atoms with Gasteiger partial charge < -0.3 is 10.2 Å². The third-order valence-electron chi connectivity index (χ3n) is 9.24. The molecule has 1 saturated heterocycles. The largest absolute Gasteiger partial charge is 0.343 e. The molecule has 1 saturated carbocycles. The Kier molecular flexibility index (Phi) is 6.68. The minimum atomic E-state index is -4.03. The minimum Gasteiger partial charge on any atom is -0.343 e. The number of anilines is 2. The predicted molar refractivity (Wildman–Crippen MR) is 156 cm³/mol. The van der Waals surface area contributed by atoms with Crippen LogP contribution in [0.1, 0.15) is 59.7 Å². The van der Waals surface area contributed by atoms with E-state index in [1.165, 1.54) is 12.1 Å². The van der Waals surface area contributed by atoms with Gasteiger partial charge in [-0.05, 0) is 111 Å². The number of carbonyl (C=O) groups is 2. The molecule has 2 aliphatic heterocycles. The molecule has 9 heteroatoms. The first-order valence-corrected chi connectivity index (χ1v) is 15.5. The number of nitrogens with zero attached hydrogens (tertiary/aromatic N) is 2. The van der Waals surface area contributed by atoms with Crippen molar-refractivity contribution in [3.8, 4) is 0 Å². The molecule has 3 aliphatic rings. The molecule has 3 aromatic carbocycles. The summed E-state index contributed by atoms with van der Waals surface area (Å²) < 4.78 is 43.8. The monoisotopic (exact) mass is 575 g/mol. The molecule has 2 fully saturated rings. The highest BCUT2D eigenvalue weighted by Gasteiger charge is 2.60. The summed E-state index contributed by atoms with van der Waals surface area (Å²) >= 11 is 0. The number of rotatable bonds is 5. The highest BCUT2D eigenvalue weighted by molar-refractivity contribution is 7.92. The molecule has 0 radical (unpaired) electrons. The first-order valence-electron chi connectivity index (χ1n) is 14.1. The fourth-order valence-electron chi connectivity index (χ4n) is 6.72. The van der Waals surface area contributed by atoms with Crippen LogP contribution in [0.5, 0.6) is 0 Å². The molecule has 0 bridgehead atoms. The van der Waals surface area contributed by atoms with Crippen molar-refractivity contribution in [2.75, 3.05) is 22.7 Å². The minimum absolute atomic E-state index is 0.00140. The molecule has 1 atom stereocenters. The Labute approximate surface area is 240 Å². The maximum Gasteiger partial charge on any atom is 0.264 e. The van der Waals surface area contributed by atoms with E-state index in [-0.39, 0.29) is 28.7 Å². The lowest BCUT2D eigenvalue weighted by atomic mass is 9.68. The first-order chi connectivity index (χ1) is 19.5. The number of hydrogen-bond acceptors (Lipinski definition) is 4. The summed E-state index contributed by atoms with van der Waals surface area (Å²) in [4.78, 5) is 27.6. The highest BCUT2D eigenvalue weighted by atomic mass is 32.2. The van der Waals surface area contributed by atoms with Gasteiger partial charge in [0.25, 0.3) is 15.9 Å². The molecule has 3 aromatic rings. The predicted octanol–water partition coefficient (Wildman–Crippen LogP) is 5.56. The summed E-state index contributed by atoms with van der Waals surface area (Å²) in [7, 11) is -4.03. The van der Waals surface area contributed by atoms with Crippen molar-refractivity contribution >= 4 is 33.2 Å². The zero-order chi connectivity index (χ0) is 29.1. The Morgan fingerprint density at radius 3 is 2.29 bits per heavy atom. The SMILES string of the molecule is CC(=O)N1CCC2(CC1)c1cc(C(=O)Nc3cccc(C)c3C)ccc1N(S(=O)(=O)c1ccc(F)cc1)C2C1CC1. The van der Waals surface area contributed by atoms with Crippen molar-refractivity contribution in [3.63, 3.8) is 0 Å². The van der Waals surface area contributed by atoms with Gasteiger partial charge in [0.2, 0.25) is 5.91 Å². The van der Waals surface area contributed by atoms with E-state index in [0.717, 1.165) is 47.4 Å². The average Bonchev–Trinajstić information content (AvgIpc) is 3.75. The third kappa shape index (κ3) is 4.60. The van der Waals surface area contributed by atoms with E-state index < -0.39 is 21.3 Å². The van der Waals surface area contributed by atoms with E-state index in [0.29, 0.717) is 37.2 Å². The van der Waals surface area contributed by atoms with Crippen LogP contribution in [0, 0.1) is 25.6 Å². The van der Waals surface area contributed by atoms with Gasteiger partial charge in [-0.3, -0.25) is 13.9 Å². The summed E-state index contributed by atoms with van der Waals surface area (Å²) in [6.45, 7) is 6.54. The van der Waals surface area contributed by atoms with Crippen LogP contribution >= 0.6 is 0 Å². The molecule has 41 heavy (non-hydrogen) atoms. The fraction of sp³-hybridized carbons (Fsp3) is 0.375. The van der Waals surface area contributed by atoms with Crippen LogP contribution < -0.4 is 9.62 Å². The molecule has 1 aliphatic carbocycles. The van der Waals surface area contributed by atoms with Gasteiger partial charge in [0.15, 0.2) is 0 Å². The number of benzene rings is 3. The van der Waals surface area contributed by atoms with Crippen molar-refractivity contribution in [2.45, 2.75) is 62.8 Å². The number of likely N-dealkylation sites (tertiary alicyclic amines) is 1. The zero-order valence-electron chi connectivity index (χ0n) is 23.5. The highest BCUT2D eigenvalue weighted by Crippen LogP contribution is 2.59. The van der Waals surface area contributed by atoms with Crippen molar-refractivity contribution in [1.29, 1.82) is 0 Å². The van der Waals surface area contributed by atoms with Gasteiger partial charge in [0, 0.05) is 36.7 Å². The molecular weight excluding hydrogens is 541 g/mol. The Hall–Kier alpha value is -3.72. The number of nitrogens with one attached hydrogen (secondary N) is 1. The summed E-state index contributed by atoms with van der Waals surface area (Å²) in [5.74, 6) is -0.607. The Morgan fingerprint density at radius 1 is 0.976 bits per heavy atom. The number of amides is 2. The number of hydrogen-bond donors (Lipinski definition) is 1. The quantitative estimate of drug-likeness (QED) is 0.432. The summed E-state index contributed by atoms with van der Waals surface area (Å²) in [5, 5.41) is 3.03. The van der Waals surface area contributed by atoms with Gasteiger partial charge in [-0.25, -0.2) is 12.8 Å². The normalized spacial score (nSPS) is 19.8. The lowest BCUT2D eigenvalue weighted by Gasteiger charge is -2.45. The number of sulfonamides is 1. The zero-order valence-corrected chi connectivity index (χ0v) is 24.3. The topological polar surface area (TPSA) is 86.8 Å². The van der Waals surface area contributed by atoms with Gasteiger partial charge in [0.05, 0.1) is 16.6 Å². The van der Waals surface area contributed by atoms with Gasteiger partial charge in [-0.15, -0.1) is 0 Å². The average molecular weight is 576 g/mol.